The number of ether oxygens (including phenoxy) is 1. The smallest absolute Gasteiger partial charge is 0.234 e. The summed E-state index contributed by atoms with van der Waals surface area (Å²) >= 11 is 0. The van der Waals surface area contributed by atoms with Gasteiger partial charge in [0.15, 0.2) is 5.82 Å². The molecule has 1 unspecified atom stereocenters. The molecule has 1 aromatic heterocycles. The Labute approximate surface area is 108 Å². The van der Waals surface area contributed by atoms with Crippen LogP contribution in [0.4, 0.5) is 0 Å². The first-order valence-electron chi connectivity index (χ1n) is 6.83. The summed E-state index contributed by atoms with van der Waals surface area (Å²) in [6.07, 6.45) is 5.27. The Morgan fingerprint density at radius 3 is 3.06 bits per heavy atom. The summed E-state index contributed by atoms with van der Waals surface area (Å²) < 4.78 is 10.5. The second-order valence-corrected chi connectivity index (χ2v) is 5.07. The monoisotopic (exact) mass is 253 g/mol. The third-order valence-corrected chi connectivity index (χ3v) is 3.65. The lowest BCUT2D eigenvalue weighted by Crippen LogP contribution is -2.43. The van der Waals surface area contributed by atoms with E-state index in [4.69, 9.17) is 9.26 Å². The molecule has 0 bridgehead atoms. The summed E-state index contributed by atoms with van der Waals surface area (Å²) in [5, 5.41) is 7.52. The van der Waals surface area contributed by atoms with Crippen molar-refractivity contribution in [3.8, 4) is 0 Å². The largest absolute Gasteiger partial charge is 0.384 e. The highest BCUT2D eigenvalue weighted by Crippen LogP contribution is 2.34. The molecule has 2 heterocycles. The Kier molecular flexibility index (Phi) is 4.72. The van der Waals surface area contributed by atoms with E-state index in [0.29, 0.717) is 6.61 Å². The van der Waals surface area contributed by atoms with Crippen molar-refractivity contribution in [1.29, 1.82) is 0 Å². The number of hydrogen-bond acceptors (Lipinski definition) is 5. The van der Waals surface area contributed by atoms with E-state index in [1.807, 2.05) is 0 Å². The minimum absolute atomic E-state index is 0.0469. The highest BCUT2D eigenvalue weighted by Gasteiger charge is 2.38. The summed E-state index contributed by atoms with van der Waals surface area (Å²) in [7, 11) is 1.69. The van der Waals surface area contributed by atoms with Crippen LogP contribution in [0.1, 0.15) is 44.3 Å². The van der Waals surface area contributed by atoms with E-state index < -0.39 is 0 Å². The fourth-order valence-electron chi connectivity index (χ4n) is 2.71. The lowest BCUT2D eigenvalue weighted by Gasteiger charge is -2.34. The Morgan fingerprint density at radius 1 is 1.50 bits per heavy atom. The topological polar surface area (TPSA) is 60.2 Å². The van der Waals surface area contributed by atoms with Gasteiger partial charge in [0.05, 0.1) is 12.0 Å². The molecule has 2 rings (SSSR count). The zero-order valence-corrected chi connectivity index (χ0v) is 11.4. The van der Waals surface area contributed by atoms with Crippen LogP contribution in [0.25, 0.3) is 0 Å². The summed E-state index contributed by atoms with van der Waals surface area (Å²) in [6, 6.07) is 0. The van der Waals surface area contributed by atoms with Crippen molar-refractivity contribution < 1.29 is 9.26 Å². The second kappa shape index (κ2) is 6.29. The Balaban J connectivity index is 2.12. The molecule has 1 aromatic rings. The van der Waals surface area contributed by atoms with Crippen LogP contribution >= 0.6 is 0 Å². The minimum Gasteiger partial charge on any atom is -0.384 e. The molecule has 5 heteroatoms. The predicted molar refractivity (Wildman–Crippen MR) is 68.6 cm³/mol. The molecule has 1 N–H and O–H groups in total. The molecule has 0 amide bonds. The minimum atomic E-state index is 0.0469. The quantitative estimate of drug-likeness (QED) is 0.836. The third-order valence-electron chi connectivity index (χ3n) is 3.65. The van der Waals surface area contributed by atoms with Gasteiger partial charge in [-0.1, -0.05) is 18.5 Å². The first kappa shape index (κ1) is 13.5. The number of nitrogens with one attached hydrogen (secondary N) is 1. The van der Waals surface area contributed by atoms with Gasteiger partial charge in [0, 0.05) is 20.1 Å². The van der Waals surface area contributed by atoms with Crippen molar-refractivity contribution in [2.45, 2.75) is 44.4 Å². The van der Waals surface area contributed by atoms with Crippen molar-refractivity contribution >= 4 is 0 Å². The molecule has 1 aliphatic rings. The summed E-state index contributed by atoms with van der Waals surface area (Å²) in [4.78, 5) is 4.56. The van der Waals surface area contributed by atoms with Crippen molar-refractivity contribution in [2.24, 2.45) is 0 Å². The van der Waals surface area contributed by atoms with E-state index in [2.05, 4.69) is 22.4 Å². The molecule has 0 saturated carbocycles. The van der Waals surface area contributed by atoms with Gasteiger partial charge in [-0.3, -0.25) is 0 Å². The zero-order valence-electron chi connectivity index (χ0n) is 11.4. The molecule has 18 heavy (non-hydrogen) atoms. The lowest BCUT2D eigenvalue weighted by atomic mass is 9.77. The van der Waals surface area contributed by atoms with Crippen LogP contribution in [0.15, 0.2) is 4.52 Å². The summed E-state index contributed by atoms with van der Waals surface area (Å²) in [5.74, 6) is 1.57. The van der Waals surface area contributed by atoms with E-state index in [1.165, 1.54) is 6.42 Å². The molecule has 0 aliphatic carbocycles. The maximum atomic E-state index is 5.50. The number of rotatable bonds is 6. The van der Waals surface area contributed by atoms with E-state index in [9.17, 15) is 0 Å². The van der Waals surface area contributed by atoms with Crippen molar-refractivity contribution in [1.82, 2.24) is 15.5 Å². The van der Waals surface area contributed by atoms with E-state index in [0.717, 1.165) is 50.5 Å². The van der Waals surface area contributed by atoms with Crippen LogP contribution in [0.3, 0.4) is 0 Å². The zero-order chi connectivity index (χ0) is 12.8. The maximum Gasteiger partial charge on any atom is 0.234 e. The van der Waals surface area contributed by atoms with Crippen LogP contribution in [0.2, 0.25) is 0 Å². The average Bonchev–Trinajstić information content (AvgIpc) is 2.87. The van der Waals surface area contributed by atoms with Crippen molar-refractivity contribution in [3.05, 3.63) is 11.7 Å². The van der Waals surface area contributed by atoms with Crippen LogP contribution in [-0.2, 0) is 16.6 Å². The molecule has 0 spiro atoms. The number of hydrogen-bond donors (Lipinski definition) is 1. The highest BCUT2D eigenvalue weighted by atomic mass is 16.5. The molecule has 0 radical (unpaired) electrons. The Morgan fingerprint density at radius 2 is 2.39 bits per heavy atom. The maximum absolute atomic E-state index is 5.50. The van der Waals surface area contributed by atoms with Gasteiger partial charge in [-0.15, -0.1) is 0 Å². The van der Waals surface area contributed by atoms with Gasteiger partial charge >= 0.3 is 0 Å². The fourth-order valence-corrected chi connectivity index (χ4v) is 2.71. The van der Waals surface area contributed by atoms with Gasteiger partial charge in [-0.25, -0.2) is 0 Å². The second-order valence-electron chi connectivity index (χ2n) is 5.07. The number of aromatic nitrogens is 2. The van der Waals surface area contributed by atoms with E-state index in [-0.39, 0.29) is 5.41 Å². The van der Waals surface area contributed by atoms with Gasteiger partial charge in [-0.2, -0.15) is 4.98 Å². The Bertz CT molecular complexity index is 353. The van der Waals surface area contributed by atoms with Crippen molar-refractivity contribution in [2.75, 3.05) is 26.8 Å². The molecule has 0 aromatic carbocycles. The first-order chi connectivity index (χ1) is 8.80. The normalized spacial score (nSPS) is 24.3. The van der Waals surface area contributed by atoms with Crippen LogP contribution in [0.5, 0.6) is 0 Å². The van der Waals surface area contributed by atoms with Crippen LogP contribution < -0.4 is 5.32 Å². The Hall–Kier alpha value is -0.940. The van der Waals surface area contributed by atoms with Gasteiger partial charge < -0.3 is 14.6 Å². The highest BCUT2D eigenvalue weighted by molar-refractivity contribution is 5.08. The summed E-state index contributed by atoms with van der Waals surface area (Å²) in [5.41, 5.74) is 0.0469. The predicted octanol–water partition coefficient (Wildman–Crippen LogP) is 1.68. The van der Waals surface area contributed by atoms with Gasteiger partial charge in [0.1, 0.15) is 0 Å². The third kappa shape index (κ3) is 2.90. The molecular formula is C13H23N3O2. The van der Waals surface area contributed by atoms with Crippen LogP contribution in [-0.4, -0.2) is 36.9 Å². The van der Waals surface area contributed by atoms with Crippen LogP contribution in [0, 0.1) is 0 Å². The SMILES string of the molecule is CCCC1(c2nc(CCOC)no2)CCCNC1. The lowest BCUT2D eigenvalue weighted by molar-refractivity contribution is 0.198. The van der Waals surface area contributed by atoms with Gasteiger partial charge in [0.25, 0.3) is 0 Å². The standard InChI is InChI=1S/C13H23N3O2/c1-3-6-13(7-4-8-14-10-13)12-15-11(16-18-12)5-9-17-2/h14H,3-10H2,1-2H3. The number of methoxy groups -OCH3 is 1. The van der Waals surface area contributed by atoms with Gasteiger partial charge in [0.2, 0.25) is 5.89 Å². The van der Waals surface area contributed by atoms with Crippen molar-refractivity contribution in [3.63, 3.8) is 0 Å². The number of nitrogens with zero attached hydrogens (tertiary/aromatic N) is 2. The summed E-state index contributed by atoms with van der Waals surface area (Å²) in [6.45, 7) is 4.89. The van der Waals surface area contributed by atoms with E-state index in [1.54, 1.807) is 7.11 Å². The fraction of sp³-hybridized carbons (Fsp3) is 0.846. The molecular weight excluding hydrogens is 230 g/mol. The number of piperidine rings is 1. The molecule has 5 nitrogen and oxygen atoms in total. The molecule has 1 aliphatic heterocycles. The molecule has 102 valence electrons. The average molecular weight is 253 g/mol. The first-order valence-corrected chi connectivity index (χ1v) is 6.83. The van der Waals surface area contributed by atoms with Gasteiger partial charge in [-0.05, 0) is 25.8 Å². The van der Waals surface area contributed by atoms with E-state index >= 15 is 0 Å². The molecule has 1 atom stereocenters. The molecule has 1 fully saturated rings. The molecule has 1 saturated heterocycles.